The van der Waals surface area contributed by atoms with Crippen molar-refractivity contribution in [3.05, 3.63) is 35.9 Å². The highest BCUT2D eigenvalue weighted by molar-refractivity contribution is 7.54. The van der Waals surface area contributed by atoms with Crippen LogP contribution in [-0.2, 0) is 44.0 Å². The molecule has 2 rings (SSSR count). The zero-order chi connectivity index (χ0) is 41.9. The van der Waals surface area contributed by atoms with Crippen LogP contribution in [0.2, 0.25) is 0 Å². The Kier molecular flexibility index (Phi) is 22.2. The maximum atomic E-state index is 13.5. The number of nitrogens with two attached hydrogens (primary N) is 2. The van der Waals surface area contributed by atoms with Crippen LogP contribution in [0.1, 0.15) is 57.9 Å². The van der Waals surface area contributed by atoms with Gasteiger partial charge in [0.1, 0.15) is 12.1 Å². The summed E-state index contributed by atoms with van der Waals surface area (Å²) in [5.41, 5.74) is 12.5. The number of nitrogens with zero attached hydrogens (tertiary/aromatic N) is 1. The van der Waals surface area contributed by atoms with Crippen LogP contribution in [-0.4, -0.2) is 115 Å². The number of aliphatic carboxylic acids is 2. The number of unbranched alkanes of at least 4 members (excludes halogenated alkanes) is 1. The van der Waals surface area contributed by atoms with Crippen LogP contribution in [0.3, 0.4) is 0 Å². The van der Waals surface area contributed by atoms with Gasteiger partial charge in [-0.1, -0.05) is 44.2 Å². The largest absolute Gasteiger partial charge is 0.490 e. The summed E-state index contributed by atoms with van der Waals surface area (Å²) in [5, 5.41) is 20.0. The van der Waals surface area contributed by atoms with E-state index in [9.17, 15) is 45.3 Å². The van der Waals surface area contributed by atoms with E-state index in [1.807, 2.05) is 44.2 Å². The summed E-state index contributed by atoms with van der Waals surface area (Å²) in [6.07, 6.45) is -6.68. The van der Waals surface area contributed by atoms with E-state index in [-0.39, 0.29) is 17.5 Å². The lowest BCUT2D eigenvalue weighted by molar-refractivity contribution is -0.193. The number of carboxylic acids is 2. The average Bonchev–Trinajstić information content (AvgIpc) is 3.10. The first-order valence-electron chi connectivity index (χ1n) is 16.6. The molecule has 3 atom stereocenters. The molecule has 0 unspecified atom stereocenters. The Balaban J connectivity index is 0.00000169. The average molecular weight is 810 g/mol. The second-order valence-corrected chi connectivity index (χ2v) is 14.9. The number of rotatable bonds is 16. The predicted octanol–water partition coefficient (Wildman–Crippen LogP) is 3.44. The van der Waals surface area contributed by atoms with Crippen LogP contribution in [0, 0.1) is 5.92 Å². The Labute approximate surface area is 309 Å². The summed E-state index contributed by atoms with van der Waals surface area (Å²) in [4.78, 5) is 59.4. The van der Waals surface area contributed by atoms with Gasteiger partial charge in [0, 0.05) is 27.3 Å². The summed E-state index contributed by atoms with van der Waals surface area (Å²) in [6.45, 7) is 5.16. The fourth-order valence-electron chi connectivity index (χ4n) is 4.96. The summed E-state index contributed by atoms with van der Waals surface area (Å²) in [7, 11) is -0.491. The standard InChI is InChI=1S/C28H48N5O6P.2C2HF3O2/c1-20(2)18-25(32-26(34)23(30)19-21-10-6-5-7-11-21)27(35)31-24(12-8-9-15-29)28(36)33-16-13-22(14-17-33)40(37,38-3)39-4;2*3-2(4,5)1(6)7/h5-7,10-11,20,22-25H,8-9,12-19,29-30H2,1-4H3,(H,31,35)(H,32,34);2*(H,6,7)/t23-,24-,25-;;/m1../s1. The molecule has 8 N–H and O–H groups in total. The van der Waals surface area contributed by atoms with Crippen molar-refractivity contribution in [3.63, 3.8) is 0 Å². The molecule has 15 nitrogen and oxygen atoms in total. The molecule has 0 aliphatic carbocycles. The first kappa shape index (κ1) is 50.2. The van der Waals surface area contributed by atoms with Crippen molar-refractivity contribution in [2.24, 2.45) is 17.4 Å². The number of likely N-dealkylation sites (tertiary alicyclic amines) is 1. The first-order chi connectivity index (χ1) is 24.9. The Morgan fingerprint density at radius 2 is 1.33 bits per heavy atom. The molecule has 0 aromatic heterocycles. The minimum absolute atomic E-state index is 0.115. The number of nitrogens with one attached hydrogen (secondary N) is 2. The molecule has 310 valence electrons. The van der Waals surface area contributed by atoms with E-state index in [4.69, 9.17) is 40.3 Å². The quantitative estimate of drug-likeness (QED) is 0.0800. The summed E-state index contributed by atoms with van der Waals surface area (Å²) in [6, 6.07) is 7.03. The van der Waals surface area contributed by atoms with E-state index >= 15 is 0 Å². The lowest BCUT2D eigenvalue weighted by atomic mass is 10.00. The van der Waals surface area contributed by atoms with Crippen LogP contribution in [0.4, 0.5) is 26.3 Å². The SMILES string of the molecule is COP(=O)(OC)C1CCN(C(=O)[C@@H](CCCCN)NC(=O)[C@@H](CC(C)C)NC(=O)[C@H](N)Cc2ccccc2)CC1.O=C(O)C(F)(F)F.O=C(O)C(F)(F)F. The monoisotopic (exact) mass is 809 g/mol. The van der Waals surface area contributed by atoms with Crippen LogP contribution < -0.4 is 22.1 Å². The molecule has 1 aliphatic heterocycles. The maximum Gasteiger partial charge on any atom is 0.490 e. The zero-order valence-electron chi connectivity index (χ0n) is 30.3. The lowest BCUT2D eigenvalue weighted by Crippen LogP contribution is -2.57. The smallest absolute Gasteiger partial charge is 0.475 e. The number of carbonyl (C=O) groups is 5. The number of hydrogen-bond acceptors (Lipinski definition) is 10. The van der Waals surface area contributed by atoms with Crippen molar-refractivity contribution >= 4 is 37.3 Å². The third-order valence-electron chi connectivity index (χ3n) is 7.75. The number of carbonyl (C=O) groups excluding carboxylic acids is 3. The van der Waals surface area contributed by atoms with Gasteiger partial charge in [0.2, 0.25) is 17.7 Å². The summed E-state index contributed by atoms with van der Waals surface area (Å²) < 4.78 is 86.5. The van der Waals surface area contributed by atoms with Crippen LogP contribution >= 0.6 is 7.60 Å². The van der Waals surface area contributed by atoms with Gasteiger partial charge in [-0.25, -0.2) is 9.59 Å². The molecule has 22 heteroatoms. The van der Waals surface area contributed by atoms with Crippen LogP contribution in [0.15, 0.2) is 30.3 Å². The van der Waals surface area contributed by atoms with Crippen molar-refractivity contribution in [1.29, 1.82) is 0 Å². The summed E-state index contributed by atoms with van der Waals surface area (Å²) in [5.74, 6) is -6.44. The van der Waals surface area contributed by atoms with E-state index in [2.05, 4.69) is 10.6 Å². The number of benzene rings is 1. The van der Waals surface area contributed by atoms with Gasteiger partial charge in [-0.15, -0.1) is 0 Å². The van der Waals surface area contributed by atoms with E-state index in [1.165, 1.54) is 14.2 Å². The molecular formula is C32H50F6N5O10P. The molecule has 1 aromatic carbocycles. The Bertz CT molecular complexity index is 1350. The van der Waals surface area contributed by atoms with Crippen LogP contribution in [0.25, 0.3) is 0 Å². The van der Waals surface area contributed by atoms with Crippen molar-refractivity contribution in [2.45, 2.75) is 94.9 Å². The second-order valence-electron chi connectivity index (χ2n) is 12.4. The van der Waals surface area contributed by atoms with Gasteiger partial charge in [0.05, 0.1) is 11.7 Å². The number of hydrogen-bond donors (Lipinski definition) is 6. The molecule has 1 aromatic rings. The van der Waals surface area contributed by atoms with E-state index < -0.39 is 61.8 Å². The number of piperidine rings is 1. The molecule has 0 spiro atoms. The highest BCUT2D eigenvalue weighted by atomic mass is 31.2. The van der Waals surface area contributed by atoms with Crippen molar-refractivity contribution in [1.82, 2.24) is 15.5 Å². The van der Waals surface area contributed by atoms with E-state index in [0.717, 1.165) is 5.56 Å². The lowest BCUT2D eigenvalue weighted by Gasteiger charge is -2.36. The van der Waals surface area contributed by atoms with Gasteiger partial charge in [0.15, 0.2) is 0 Å². The van der Waals surface area contributed by atoms with E-state index in [0.29, 0.717) is 64.6 Å². The van der Waals surface area contributed by atoms with Gasteiger partial charge in [-0.2, -0.15) is 26.3 Å². The number of amides is 3. The van der Waals surface area contributed by atoms with Gasteiger partial charge >= 0.3 is 31.9 Å². The van der Waals surface area contributed by atoms with Gasteiger partial charge in [0.25, 0.3) is 0 Å². The highest BCUT2D eigenvalue weighted by Crippen LogP contribution is 2.55. The van der Waals surface area contributed by atoms with Gasteiger partial charge < -0.3 is 46.3 Å². The molecule has 3 amide bonds. The molecule has 1 heterocycles. The number of carboxylic acid groups (broad SMARTS) is 2. The fraction of sp³-hybridized carbons (Fsp3) is 0.656. The topological polar surface area (TPSA) is 241 Å². The zero-order valence-corrected chi connectivity index (χ0v) is 31.2. The molecule has 1 fully saturated rings. The first-order valence-corrected chi connectivity index (χ1v) is 18.2. The Morgan fingerprint density at radius 1 is 0.870 bits per heavy atom. The van der Waals surface area contributed by atoms with Crippen LogP contribution in [0.5, 0.6) is 0 Å². The predicted molar refractivity (Wildman–Crippen MR) is 183 cm³/mol. The third kappa shape index (κ3) is 19.0. The van der Waals surface area contributed by atoms with Crippen molar-refractivity contribution in [2.75, 3.05) is 33.9 Å². The molecule has 1 aliphatic rings. The minimum Gasteiger partial charge on any atom is -0.475 e. The Morgan fingerprint density at radius 3 is 1.74 bits per heavy atom. The Hall–Kier alpha value is -3.78. The molecule has 0 saturated carbocycles. The number of alkyl halides is 6. The third-order valence-corrected chi connectivity index (χ3v) is 10.2. The normalized spacial score (nSPS) is 15.4. The number of halogens is 6. The molecule has 0 bridgehead atoms. The minimum atomic E-state index is -5.08. The highest BCUT2D eigenvalue weighted by Gasteiger charge is 2.40. The fourth-order valence-corrected chi connectivity index (χ4v) is 6.57. The molecule has 54 heavy (non-hydrogen) atoms. The van der Waals surface area contributed by atoms with Crippen molar-refractivity contribution in [3.8, 4) is 0 Å². The summed E-state index contributed by atoms with van der Waals surface area (Å²) >= 11 is 0. The molecular weight excluding hydrogens is 759 g/mol. The molecule has 0 radical (unpaired) electrons. The van der Waals surface area contributed by atoms with Gasteiger partial charge in [-0.3, -0.25) is 18.9 Å². The maximum absolute atomic E-state index is 13.5. The molecule has 1 saturated heterocycles. The second kappa shape index (κ2) is 23.9. The van der Waals surface area contributed by atoms with Gasteiger partial charge in [-0.05, 0) is 63.0 Å². The van der Waals surface area contributed by atoms with Crippen molar-refractivity contribution < 1.29 is 74.1 Å². The van der Waals surface area contributed by atoms with E-state index in [1.54, 1.807) is 4.90 Å².